The Kier molecular flexibility index (Phi) is 7.79. The van der Waals surface area contributed by atoms with Gasteiger partial charge in [-0.3, -0.25) is 14.5 Å². The molecule has 0 spiro atoms. The zero-order valence-corrected chi connectivity index (χ0v) is 22.6. The molecule has 1 unspecified atom stereocenters. The summed E-state index contributed by atoms with van der Waals surface area (Å²) >= 11 is 12.4. The van der Waals surface area contributed by atoms with Crippen molar-refractivity contribution in [1.82, 2.24) is 9.80 Å². The van der Waals surface area contributed by atoms with E-state index in [0.717, 1.165) is 42.6 Å². The van der Waals surface area contributed by atoms with E-state index < -0.39 is 0 Å². The summed E-state index contributed by atoms with van der Waals surface area (Å²) in [4.78, 5) is 32.0. The summed E-state index contributed by atoms with van der Waals surface area (Å²) in [6.45, 7) is 2.36. The molecule has 0 saturated carbocycles. The van der Waals surface area contributed by atoms with Crippen LogP contribution in [0.15, 0.2) is 60.7 Å². The van der Waals surface area contributed by atoms with Crippen molar-refractivity contribution in [2.45, 2.75) is 18.9 Å². The first-order valence-corrected chi connectivity index (χ1v) is 13.4. The zero-order valence-electron chi connectivity index (χ0n) is 21.1. The molecule has 198 valence electrons. The quantitative estimate of drug-likeness (QED) is 0.424. The van der Waals surface area contributed by atoms with Crippen LogP contribution in [0.1, 0.15) is 24.4 Å². The number of phenolic OH excluding ortho intramolecular Hbond substituents is 1. The highest BCUT2D eigenvalue weighted by molar-refractivity contribution is 6.42. The van der Waals surface area contributed by atoms with Crippen molar-refractivity contribution in [3.63, 3.8) is 0 Å². The summed E-state index contributed by atoms with van der Waals surface area (Å²) in [5.74, 6) is 0.120. The fourth-order valence-electron chi connectivity index (χ4n) is 5.03. The van der Waals surface area contributed by atoms with Crippen molar-refractivity contribution in [1.29, 1.82) is 0 Å². The van der Waals surface area contributed by atoms with E-state index in [2.05, 4.69) is 11.0 Å². The molecule has 2 aliphatic rings. The number of rotatable bonds is 7. The number of hydrogen-bond donors (Lipinski definition) is 1. The Bertz CT molecular complexity index is 1340. The number of halogens is 2. The van der Waals surface area contributed by atoms with E-state index >= 15 is 0 Å². The van der Waals surface area contributed by atoms with E-state index in [9.17, 15) is 14.7 Å². The Labute approximate surface area is 232 Å². The molecule has 7 nitrogen and oxygen atoms in total. The molecule has 2 amide bonds. The van der Waals surface area contributed by atoms with Gasteiger partial charge in [0.25, 0.3) is 5.91 Å². The van der Waals surface area contributed by atoms with Crippen LogP contribution in [0.2, 0.25) is 10.0 Å². The minimum absolute atomic E-state index is 0.141. The van der Waals surface area contributed by atoms with Gasteiger partial charge in [-0.25, -0.2) is 0 Å². The number of carbonyl (C=O) groups is 2. The third-order valence-corrected chi connectivity index (χ3v) is 7.92. The maximum absolute atomic E-state index is 13.7. The SMILES string of the molecule is CN(C(=O)CN1C(=O)COc2cc(Cl)c(Cl)cc21)C(CN1CCCC1)c1cccc(-c2ccc(O)cc2)c1. The second-order valence-corrected chi connectivity index (χ2v) is 10.5. The standard InChI is InChI=1S/C29H29Cl2N3O4/c1-32(28(36)17-34-25-14-23(30)24(31)15-27(25)38-18-29(34)37)26(16-33-11-2-3-12-33)21-6-4-5-20(13-21)19-7-9-22(35)10-8-19/h4-10,13-15,26,35H,2-3,11-12,16-18H2,1H3. The van der Waals surface area contributed by atoms with Gasteiger partial charge in [-0.15, -0.1) is 0 Å². The summed E-state index contributed by atoms with van der Waals surface area (Å²) in [5, 5.41) is 10.3. The van der Waals surface area contributed by atoms with Crippen LogP contribution in [-0.4, -0.2) is 66.6 Å². The average molecular weight is 554 g/mol. The topological polar surface area (TPSA) is 73.3 Å². The second kappa shape index (κ2) is 11.2. The summed E-state index contributed by atoms with van der Waals surface area (Å²) in [5.41, 5.74) is 3.41. The fourth-order valence-corrected chi connectivity index (χ4v) is 5.34. The molecule has 0 radical (unpaired) electrons. The van der Waals surface area contributed by atoms with Gasteiger partial charge in [-0.2, -0.15) is 0 Å². The highest BCUT2D eigenvalue weighted by Crippen LogP contribution is 2.39. The Balaban J connectivity index is 1.42. The zero-order chi connectivity index (χ0) is 26.8. The number of nitrogens with zero attached hydrogens (tertiary/aromatic N) is 3. The molecule has 38 heavy (non-hydrogen) atoms. The smallest absolute Gasteiger partial charge is 0.265 e. The van der Waals surface area contributed by atoms with E-state index in [-0.39, 0.29) is 41.8 Å². The first-order valence-electron chi connectivity index (χ1n) is 12.6. The minimum atomic E-state index is -0.317. The number of carbonyl (C=O) groups excluding carboxylic acids is 2. The molecule has 1 fully saturated rings. The molecule has 3 aromatic carbocycles. The summed E-state index contributed by atoms with van der Waals surface area (Å²) in [6.07, 6.45) is 2.28. The Morgan fingerprint density at radius 2 is 1.74 bits per heavy atom. The number of likely N-dealkylation sites (tertiary alicyclic amines) is 1. The summed E-state index contributed by atoms with van der Waals surface area (Å²) in [6, 6.07) is 18.1. The van der Waals surface area contributed by atoms with Crippen molar-refractivity contribution in [3.05, 3.63) is 76.3 Å². The van der Waals surface area contributed by atoms with Gasteiger partial charge in [-0.1, -0.05) is 53.5 Å². The Hall–Kier alpha value is -3.26. The molecule has 5 rings (SSSR count). The van der Waals surface area contributed by atoms with Gasteiger partial charge >= 0.3 is 0 Å². The largest absolute Gasteiger partial charge is 0.508 e. The van der Waals surface area contributed by atoms with E-state index in [1.807, 2.05) is 30.3 Å². The number of aromatic hydroxyl groups is 1. The third-order valence-electron chi connectivity index (χ3n) is 7.20. The van der Waals surface area contributed by atoms with Crippen LogP contribution in [0.25, 0.3) is 11.1 Å². The van der Waals surface area contributed by atoms with Crippen molar-refractivity contribution >= 4 is 40.7 Å². The maximum Gasteiger partial charge on any atom is 0.265 e. The number of amides is 2. The molecule has 1 saturated heterocycles. The molecular formula is C29H29Cl2N3O4. The van der Waals surface area contributed by atoms with Gasteiger partial charge in [-0.05, 0) is 66.9 Å². The van der Waals surface area contributed by atoms with Crippen LogP contribution in [0, 0.1) is 0 Å². The van der Waals surface area contributed by atoms with Gasteiger partial charge < -0.3 is 19.6 Å². The van der Waals surface area contributed by atoms with Crippen molar-refractivity contribution in [3.8, 4) is 22.6 Å². The van der Waals surface area contributed by atoms with E-state index in [0.29, 0.717) is 23.0 Å². The molecule has 3 aromatic rings. The number of anilines is 1. The van der Waals surface area contributed by atoms with Gasteiger partial charge in [0.05, 0.1) is 21.8 Å². The molecule has 0 bridgehead atoms. The molecule has 0 aromatic heterocycles. The Morgan fingerprint density at radius 3 is 2.47 bits per heavy atom. The summed E-state index contributed by atoms with van der Waals surface area (Å²) in [7, 11) is 1.79. The van der Waals surface area contributed by atoms with Crippen LogP contribution < -0.4 is 9.64 Å². The average Bonchev–Trinajstić information content (AvgIpc) is 3.43. The predicted molar refractivity (Wildman–Crippen MR) is 149 cm³/mol. The first kappa shape index (κ1) is 26.4. The number of likely N-dealkylation sites (N-methyl/N-ethyl adjacent to an activating group) is 1. The second-order valence-electron chi connectivity index (χ2n) is 9.70. The van der Waals surface area contributed by atoms with Crippen molar-refractivity contribution < 1.29 is 19.4 Å². The lowest BCUT2D eigenvalue weighted by molar-refractivity contribution is -0.133. The molecule has 2 heterocycles. The van der Waals surface area contributed by atoms with Gasteiger partial charge in [0.1, 0.15) is 18.0 Å². The van der Waals surface area contributed by atoms with E-state index in [1.54, 1.807) is 36.2 Å². The number of benzene rings is 3. The van der Waals surface area contributed by atoms with E-state index in [4.69, 9.17) is 27.9 Å². The van der Waals surface area contributed by atoms with Crippen molar-refractivity contribution in [2.75, 3.05) is 44.7 Å². The number of fused-ring (bicyclic) bond motifs is 1. The van der Waals surface area contributed by atoms with Crippen molar-refractivity contribution in [2.24, 2.45) is 0 Å². The number of ether oxygens (including phenoxy) is 1. The predicted octanol–water partition coefficient (Wildman–Crippen LogP) is 5.39. The van der Waals surface area contributed by atoms with Crippen LogP contribution in [0.3, 0.4) is 0 Å². The lowest BCUT2D eigenvalue weighted by atomic mass is 9.98. The molecule has 1 atom stereocenters. The number of hydrogen-bond acceptors (Lipinski definition) is 5. The lowest BCUT2D eigenvalue weighted by Crippen LogP contribution is -2.47. The van der Waals surface area contributed by atoms with Crippen LogP contribution in [0.5, 0.6) is 11.5 Å². The molecule has 0 aliphatic carbocycles. The van der Waals surface area contributed by atoms with Crippen LogP contribution >= 0.6 is 23.2 Å². The highest BCUT2D eigenvalue weighted by atomic mass is 35.5. The molecule has 1 N–H and O–H groups in total. The summed E-state index contributed by atoms with van der Waals surface area (Å²) < 4.78 is 5.53. The lowest BCUT2D eigenvalue weighted by Gasteiger charge is -2.35. The van der Waals surface area contributed by atoms with Gasteiger partial charge in [0.15, 0.2) is 6.61 Å². The van der Waals surface area contributed by atoms with Gasteiger partial charge in [0, 0.05) is 19.7 Å². The van der Waals surface area contributed by atoms with E-state index in [1.165, 1.54) is 4.90 Å². The minimum Gasteiger partial charge on any atom is -0.508 e. The normalized spacial score (nSPS) is 16.2. The fraction of sp³-hybridized carbons (Fsp3) is 0.310. The molecule has 9 heteroatoms. The third kappa shape index (κ3) is 5.60. The van der Waals surface area contributed by atoms with Crippen LogP contribution in [-0.2, 0) is 9.59 Å². The molecular weight excluding hydrogens is 525 g/mol. The monoisotopic (exact) mass is 553 g/mol. The highest BCUT2D eigenvalue weighted by Gasteiger charge is 2.32. The first-order chi connectivity index (χ1) is 18.3. The Morgan fingerprint density at radius 1 is 1.03 bits per heavy atom. The number of phenols is 1. The van der Waals surface area contributed by atoms with Gasteiger partial charge in [0.2, 0.25) is 5.91 Å². The molecule has 2 aliphatic heterocycles. The van der Waals surface area contributed by atoms with Crippen LogP contribution in [0.4, 0.5) is 5.69 Å². The maximum atomic E-state index is 13.7.